The van der Waals surface area contributed by atoms with Crippen molar-refractivity contribution in [3.63, 3.8) is 0 Å². The Morgan fingerprint density at radius 2 is 2.17 bits per heavy atom. The van der Waals surface area contributed by atoms with Crippen LogP contribution in [0.25, 0.3) is 0 Å². The van der Waals surface area contributed by atoms with Gasteiger partial charge in [-0.05, 0) is 6.42 Å². The molecular weight excluding hydrogens is 160 g/mol. The quantitative estimate of drug-likeness (QED) is 0.476. The third kappa shape index (κ3) is 7.34. The fourth-order valence-electron chi connectivity index (χ4n) is 0.881. The molecule has 0 rings (SSSR count). The molecule has 0 aromatic carbocycles. The second-order valence-corrected chi connectivity index (χ2v) is 2.73. The van der Waals surface area contributed by atoms with Crippen molar-refractivity contribution in [3.8, 4) is 0 Å². The topological polar surface area (TPSA) is 66.8 Å². The van der Waals surface area contributed by atoms with Gasteiger partial charge in [-0.15, -0.1) is 0 Å². The summed E-state index contributed by atoms with van der Waals surface area (Å²) in [6, 6.07) is 0. The average Bonchev–Trinajstić information content (AvgIpc) is 2.01. The first kappa shape index (κ1) is 11.2. The molecule has 0 amide bonds. The van der Waals surface area contributed by atoms with Crippen molar-refractivity contribution in [2.75, 3.05) is 6.61 Å². The summed E-state index contributed by atoms with van der Waals surface area (Å²) in [6.07, 6.45) is 1.70. The van der Waals surface area contributed by atoms with E-state index in [0.29, 0.717) is 6.42 Å². The minimum absolute atomic E-state index is 0.112. The highest BCUT2D eigenvalue weighted by atomic mass is 16.7. The summed E-state index contributed by atoms with van der Waals surface area (Å²) in [5, 5.41) is 17.2. The zero-order chi connectivity index (χ0) is 9.40. The van der Waals surface area contributed by atoms with Crippen molar-refractivity contribution in [1.82, 2.24) is 0 Å². The van der Waals surface area contributed by atoms with Gasteiger partial charge in [0.25, 0.3) is 0 Å². The molecule has 0 aromatic heterocycles. The molecule has 0 saturated carbocycles. The Kier molecular flexibility index (Phi) is 6.47. The maximum absolute atomic E-state index is 9.90. The van der Waals surface area contributed by atoms with Crippen LogP contribution in [-0.2, 0) is 4.74 Å². The van der Waals surface area contributed by atoms with Gasteiger partial charge in [-0.2, -0.15) is 0 Å². The normalized spacial score (nSPS) is 12.5. The van der Waals surface area contributed by atoms with Crippen LogP contribution in [0, 0.1) is 0 Å². The van der Waals surface area contributed by atoms with E-state index in [0.717, 1.165) is 19.3 Å². The third-order valence-electron chi connectivity index (χ3n) is 1.54. The van der Waals surface area contributed by atoms with Crippen molar-refractivity contribution in [3.05, 3.63) is 0 Å². The Balaban J connectivity index is 3.21. The number of hydrogen-bond donors (Lipinski definition) is 2. The molecule has 0 bridgehead atoms. The van der Waals surface area contributed by atoms with Gasteiger partial charge in [0.15, 0.2) is 0 Å². The van der Waals surface area contributed by atoms with Crippen LogP contribution in [0.1, 0.15) is 32.6 Å². The van der Waals surface area contributed by atoms with Gasteiger partial charge in [-0.3, -0.25) is 0 Å². The molecule has 4 nitrogen and oxygen atoms in total. The van der Waals surface area contributed by atoms with E-state index in [1.54, 1.807) is 0 Å². The summed E-state index contributed by atoms with van der Waals surface area (Å²) in [5.41, 5.74) is 0. The highest BCUT2D eigenvalue weighted by Gasteiger charge is 2.06. The maximum atomic E-state index is 9.90. The number of hydrogen-bond acceptors (Lipinski definition) is 3. The van der Waals surface area contributed by atoms with Gasteiger partial charge in [0.05, 0.1) is 6.10 Å². The zero-order valence-corrected chi connectivity index (χ0v) is 7.32. The highest BCUT2D eigenvalue weighted by molar-refractivity contribution is 5.56. The molecular formula is C8H16O4. The Morgan fingerprint density at radius 3 is 2.67 bits per heavy atom. The molecule has 4 heteroatoms. The Bertz CT molecular complexity index is 124. The van der Waals surface area contributed by atoms with Gasteiger partial charge in [0.1, 0.15) is 6.61 Å². The van der Waals surface area contributed by atoms with E-state index in [1.807, 2.05) is 0 Å². The lowest BCUT2D eigenvalue weighted by atomic mass is 10.1. The second kappa shape index (κ2) is 6.91. The van der Waals surface area contributed by atoms with Gasteiger partial charge in [-0.1, -0.05) is 26.2 Å². The Labute approximate surface area is 72.2 Å². The van der Waals surface area contributed by atoms with Crippen molar-refractivity contribution >= 4 is 6.16 Å². The number of carboxylic acid groups (broad SMARTS) is 1. The molecule has 0 aliphatic rings. The van der Waals surface area contributed by atoms with Crippen LogP contribution in [0.3, 0.4) is 0 Å². The molecule has 0 spiro atoms. The van der Waals surface area contributed by atoms with Gasteiger partial charge in [-0.25, -0.2) is 4.79 Å². The molecule has 2 N–H and O–H groups in total. The second-order valence-electron chi connectivity index (χ2n) is 2.73. The van der Waals surface area contributed by atoms with E-state index in [9.17, 15) is 4.79 Å². The van der Waals surface area contributed by atoms with Gasteiger partial charge >= 0.3 is 6.16 Å². The van der Waals surface area contributed by atoms with Gasteiger partial charge < -0.3 is 14.9 Å². The molecule has 1 atom stereocenters. The molecule has 0 aliphatic carbocycles. The smallest absolute Gasteiger partial charge is 0.450 e. The molecule has 0 aliphatic heterocycles. The van der Waals surface area contributed by atoms with E-state index in [-0.39, 0.29) is 6.61 Å². The number of aliphatic hydroxyl groups is 1. The van der Waals surface area contributed by atoms with Gasteiger partial charge in [0, 0.05) is 0 Å². The zero-order valence-electron chi connectivity index (χ0n) is 7.32. The van der Waals surface area contributed by atoms with E-state index >= 15 is 0 Å². The SMILES string of the molecule is CCCCCC(O)COC(=O)O. The number of carbonyl (C=O) groups is 1. The molecule has 0 aromatic rings. The first-order chi connectivity index (χ1) is 5.66. The average molecular weight is 176 g/mol. The standard InChI is InChI=1S/C8H16O4/c1-2-3-4-5-7(9)6-12-8(10)11/h7,9H,2-6H2,1H3,(H,10,11). The summed E-state index contributed by atoms with van der Waals surface area (Å²) < 4.78 is 4.20. The monoisotopic (exact) mass is 176 g/mol. The summed E-state index contributed by atoms with van der Waals surface area (Å²) in [7, 11) is 0. The van der Waals surface area contributed by atoms with E-state index < -0.39 is 12.3 Å². The largest absolute Gasteiger partial charge is 0.505 e. The van der Waals surface area contributed by atoms with Crippen molar-refractivity contribution in [2.45, 2.75) is 38.7 Å². The third-order valence-corrected chi connectivity index (χ3v) is 1.54. The van der Waals surface area contributed by atoms with Crippen LogP contribution >= 0.6 is 0 Å². The first-order valence-electron chi connectivity index (χ1n) is 4.20. The molecule has 0 radical (unpaired) electrons. The fourth-order valence-corrected chi connectivity index (χ4v) is 0.881. The predicted octanol–water partition coefficient (Wildman–Crippen LogP) is 1.62. The predicted molar refractivity (Wildman–Crippen MR) is 44.1 cm³/mol. The van der Waals surface area contributed by atoms with Crippen LogP contribution < -0.4 is 0 Å². The lowest BCUT2D eigenvalue weighted by Gasteiger charge is -2.08. The van der Waals surface area contributed by atoms with Crippen molar-refractivity contribution < 1.29 is 19.7 Å². The minimum atomic E-state index is -1.33. The maximum Gasteiger partial charge on any atom is 0.505 e. The number of unbranched alkanes of at least 4 members (excludes halogenated alkanes) is 2. The van der Waals surface area contributed by atoms with Crippen molar-refractivity contribution in [1.29, 1.82) is 0 Å². The summed E-state index contributed by atoms with van der Waals surface area (Å²) in [5.74, 6) is 0. The molecule has 1 unspecified atom stereocenters. The van der Waals surface area contributed by atoms with Crippen LogP contribution in [0.5, 0.6) is 0 Å². The molecule has 0 fully saturated rings. The van der Waals surface area contributed by atoms with E-state index in [1.165, 1.54) is 0 Å². The summed E-state index contributed by atoms with van der Waals surface area (Å²) >= 11 is 0. The van der Waals surface area contributed by atoms with Crippen LogP contribution in [0.2, 0.25) is 0 Å². The highest BCUT2D eigenvalue weighted by Crippen LogP contribution is 2.03. The molecule has 72 valence electrons. The Morgan fingerprint density at radius 1 is 1.50 bits per heavy atom. The summed E-state index contributed by atoms with van der Waals surface area (Å²) in [4.78, 5) is 9.90. The minimum Gasteiger partial charge on any atom is -0.450 e. The number of aliphatic hydroxyl groups excluding tert-OH is 1. The van der Waals surface area contributed by atoms with Crippen LogP contribution in [0.4, 0.5) is 4.79 Å². The lowest BCUT2D eigenvalue weighted by molar-refractivity contribution is 0.0356. The van der Waals surface area contributed by atoms with Crippen LogP contribution in [-0.4, -0.2) is 29.1 Å². The molecule has 12 heavy (non-hydrogen) atoms. The molecule has 0 saturated heterocycles. The van der Waals surface area contributed by atoms with Crippen molar-refractivity contribution in [2.24, 2.45) is 0 Å². The first-order valence-corrected chi connectivity index (χ1v) is 4.20. The van der Waals surface area contributed by atoms with Crippen LogP contribution in [0.15, 0.2) is 0 Å². The number of ether oxygens (including phenoxy) is 1. The summed E-state index contributed by atoms with van der Waals surface area (Å²) in [6.45, 7) is 1.96. The lowest BCUT2D eigenvalue weighted by Crippen LogP contribution is -2.17. The van der Waals surface area contributed by atoms with E-state index in [2.05, 4.69) is 11.7 Å². The Hall–Kier alpha value is -0.770. The van der Waals surface area contributed by atoms with Gasteiger partial charge in [0.2, 0.25) is 0 Å². The fraction of sp³-hybridized carbons (Fsp3) is 0.875. The number of rotatable bonds is 6. The molecule has 0 heterocycles. The van der Waals surface area contributed by atoms with E-state index in [4.69, 9.17) is 10.2 Å².